The summed E-state index contributed by atoms with van der Waals surface area (Å²) >= 11 is 0. The first-order chi connectivity index (χ1) is 8.22. The van der Waals surface area contributed by atoms with Crippen molar-refractivity contribution >= 4 is 0 Å². The molecule has 0 saturated heterocycles. The molecule has 1 unspecified atom stereocenters. The van der Waals surface area contributed by atoms with Gasteiger partial charge in [-0.05, 0) is 73.0 Å². The average Bonchev–Trinajstić information content (AvgIpc) is 2.63. The third-order valence-electron chi connectivity index (χ3n) is 7.25. The molecule has 106 valence electrons. The van der Waals surface area contributed by atoms with Crippen LogP contribution in [0.15, 0.2) is 0 Å². The maximum absolute atomic E-state index is 2.54. The molecule has 1 spiro atoms. The summed E-state index contributed by atoms with van der Waals surface area (Å²) in [6.07, 6.45) is 10.4. The van der Waals surface area contributed by atoms with Crippen molar-refractivity contribution in [2.24, 2.45) is 28.1 Å². The van der Waals surface area contributed by atoms with Gasteiger partial charge in [0, 0.05) is 0 Å². The monoisotopic (exact) mass is 250 g/mol. The van der Waals surface area contributed by atoms with Gasteiger partial charge >= 0.3 is 0 Å². The third-order valence-corrected chi connectivity index (χ3v) is 7.25. The molecule has 0 aliphatic heterocycles. The zero-order valence-electron chi connectivity index (χ0n) is 13.6. The van der Waals surface area contributed by atoms with E-state index in [-0.39, 0.29) is 0 Å². The van der Waals surface area contributed by atoms with E-state index in [0.29, 0.717) is 10.8 Å². The molecule has 2 aliphatic carbocycles. The molecular formula is C18H34. The standard InChI is InChI=1S/C18H34/c1-14(2)16(5)7-10-18(11-8-16)12-9-17(6,13-18)15(3)4/h14-15H,7-13H2,1-6H3. The van der Waals surface area contributed by atoms with Gasteiger partial charge in [0.25, 0.3) is 0 Å². The maximum Gasteiger partial charge on any atom is -0.0292 e. The van der Waals surface area contributed by atoms with Crippen LogP contribution in [0.4, 0.5) is 0 Å². The van der Waals surface area contributed by atoms with Crippen LogP contribution in [-0.2, 0) is 0 Å². The third kappa shape index (κ3) is 2.37. The van der Waals surface area contributed by atoms with Crippen LogP contribution in [-0.4, -0.2) is 0 Å². The quantitative estimate of drug-likeness (QED) is 0.559. The Morgan fingerprint density at radius 3 is 1.33 bits per heavy atom. The van der Waals surface area contributed by atoms with Crippen molar-refractivity contribution in [2.45, 2.75) is 86.5 Å². The minimum Gasteiger partial charge on any atom is -0.0623 e. The van der Waals surface area contributed by atoms with Crippen LogP contribution in [0.2, 0.25) is 0 Å². The number of hydrogen-bond acceptors (Lipinski definition) is 0. The first-order valence-corrected chi connectivity index (χ1v) is 8.22. The van der Waals surface area contributed by atoms with E-state index in [1.807, 2.05) is 0 Å². The Morgan fingerprint density at radius 1 is 0.611 bits per heavy atom. The van der Waals surface area contributed by atoms with Gasteiger partial charge in [-0.25, -0.2) is 0 Å². The molecule has 2 aliphatic rings. The van der Waals surface area contributed by atoms with Gasteiger partial charge in [0.15, 0.2) is 0 Å². The molecule has 0 heterocycles. The minimum absolute atomic E-state index is 0.627. The van der Waals surface area contributed by atoms with E-state index in [9.17, 15) is 0 Å². The van der Waals surface area contributed by atoms with E-state index in [2.05, 4.69) is 41.5 Å². The van der Waals surface area contributed by atoms with Crippen molar-refractivity contribution in [3.8, 4) is 0 Å². The van der Waals surface area contributed by atoms with Gasteiger partial charge in [0.2, 0.25) is 0 Å². The summed E-state index contributed by atoms with van der Waals surface area (Å²) in [5.74, 6) is 1.71. The molecular weight excluding hydrogens is 216 g/mol. The fourth-order valence-electron chi connectivity index (χ4n) is 4.43. The average molecular weight is 250 g/mol. The van der Waals surface area contributed by atoms with E-state index in [4.69, 9.17) is 0 Å². The van der Waals surface area contributed by atoms with Crippen LogP contribution in [0.25, 0.3) is 0 Å². The summed E-state index contributed by atoms with van der Waals surface area (Å²) < 4.78 is 0. The molecule has 0 heteroatoms. The van der Waals surface area contributed by atoms with Gasteiger partial charge < -0.3 is 0 Å². The first-order valence-electron chi connectivity index (χ1n) is 8.22. The molecule has 0 amide bonds. The molecule has 0 aromatic carbocycles. The van der Waals surface area contributed by atoms with Gasteiger partial charge in [0.1, 0.15) is 0 Å². The van der Waals surface area contributed by atoms with Crippen molar-refractivity contribution in [1.82, 2.24) is 0 Å². The lowest BCUT2D eigenvalue weighted by Crippen LogP contribution is -2.35. The molecule has 0 aromatic rings. The van der Waals surface area contributed by atoms with Crippen molar-refractivity contribution in [3.05, 3.63) is 0 Å². The summed E-state index contributed by atoms with van der Waals surface area (Å²) in [6.45, 7) is 14.8. The molecule has 2 fully saturated rings. The Labute approximate surface area is 115 Å². The molecule has 0 N–H and O–H groups in total. The lowest BCUT2D eigenvalue weighted by molar-refractivity contribution is 0.0461. The second kappa shape index (κ2) is 4.53. The SMILES string of the molecule is CC(C)C1(C)CCC2(CC1)CCC(C)(C(C)C)C2. The highest BCUT2D eigenvalue weighted by Gasteiger charge is 2.50. The van der Waals surface area contributed by atoms with E-state index >= 15 is 0 Å². The summed E-state index contributed by atoms with van der Waals surface area (Å²) in [5, 5.41) is 0. The Hall–Kier alpha value is 0. The number of hydrogen-bond donors (Lipinski definition) is 0. The van der Waals surface area contributed by atoms with Crippen molar-refractivity contribution in [1.29, 1.82) is 0 Å². The Balaban J connectivity index is 2.02. The predicted molar refractivity (Wildman–Crippen MR) is 80.6 cm³/mol. The molecule has 0 bridgehead atoms. The van der Waals surface area contributed by atoms with E-state index in [0.717, 1.165) is 17.3 Å². The summed E-state index contributed by atoms with van der Waals surface area (Å²) in [6, 6.07) is 0. The van der Waals surface area contributed by atoms with Gasteiger partial charge in [0.05, 0.1) is 0 Å². The molecule has 2 saturated carbocycles. The Kier molecular flexibility index (Phi) is 3.63. The zero-order chi connectivity index (χ0) is 13.6. The molecule has 0 aromatic heterocycles. The van der Waals surface area contributed by atoms with Crippen LogP contribution >= 0.6 is 0 Å². The smallest absolute Gasteiger partial charge is 0.0292 e. The molecule has 18 heavy (non-hydrogen) atoms. The van der Waals surface area contributed by atoms with Crippen molar-refractivity contribution in [3.63, 3.8) is 0 Å². The van der Waals surface area contributed by atoms with E-state index < -0.39 is 0 Å². The van der Waals surface area contributed by atoms with Gasteiger partial charge in [-0.15, -0.1) is 0 Å². The maximum atomic E-state index is 2.54. The van der Waals surface area contributed by atoms with Gasteiger partial charge in [-0.3, -0.25) is 0 Å². The van der Waals surface area contributed by atoms with Crippen LogP contribution in [0, 0.1) is 28.1 Å². The van der Waals surface area contributed by atoms with Crippen molar-refractivity contribution in [2.75, 3.05) is 0 Å². The number of rotatable bonds is 2. The predicted octanol–water partition coefficient (Wildman–Crippen LogP) is 6.06. The second-order valence-corrected chi connectivity index (χ2v) is 8.79. The van der Waals surface area contributed by atoms with Crippen LogP contribution in [0.1, 0.15) is 86.5 Å². The highest BCUT2D eigenvalue weighted by Crippen LogP contribution is 2.61. The van der Waals surface area contributed by atoms with E-state index in [1.54, 1.807) is 0 Å². The zero-order valence-corrected chi connectivity index (χ0v) is 13.6. The lowest BCUT2D eigenvalue weighted by atomic mass is 9.59. The van der Waals surface area contributed by atoms with Crippen molar-refractivity contribution < 1.29 is 0 Å². The van der Waals surface area contributed by atoms with E-state index in [1.165, 1.54) is 44.9 Å². The lowest BCUT2D eigenvalue weighted by Gasteiger charge is -2.46. The van der Waals surface area contributed by atoms with Crippen LogP contribution < -0.4 is 0 Å². The topological polar surface area (TPSA) is 0 Å². The largest absolute Gasteiger partial charge is 0.0623 e. The first kappa shape index (κ1) is 14.4. The second-order valence-electron chi connectivity index (χ2n) is 8.79. The molecule has 1 atom stereocenters. The fraction of sp³-hybridized carbons (Fsp3) is 1.00. The highest BCUT2D eigenvalue weighted by molar-refractivity contribution is 5.01. The Bertz CT molecular complexity index is 291. The van der Waals surface area contributed by atoms with Gasteiger partial charge in [-0.2, -0.15) is 0 Å². The highest BCUT2D eigenvalue weighted by atomic mass is 14.5. The van der Waals surface area contributed by atoms with Crippen LogP contribution in [0.3, 0.4) is 0 Å². The summed E-state index contributed by atoms with van der Waals surface area (Å²) in [5.41, 5.74) is 1.99. The van der Waals surface area contributed by atoms with Gasteiger partial charge in [-0.1, -0.05) is 41.5 Å². The Morgan fingerprint density at radius 2 is 1.00 bits per heavy atom. The fourth-order valence-corrected chi connectivity index (χ4v) is 4.43. The van der Waals surface area contributed by atoms with Crippen LogP contribution in [0.5, 0.6) is 0 Å². The summed E-state index contributed by atoms with van der Waals surface area (Å²) in [7, 11) is 0. The summed E-state index contributed by atoms with van der Waals surface area (Å²) in [4.78, 5) is 0. The molecule has 2 rings (SSSR count). The molecule has 0 radical (unpaired) electrons. The minimum atomic E-state index is 0.627. The molecule has 0 nitrogen and oxygen atoms in total. The normalized spacial score (nSPS) is 45.3.